The maximum atomic E-state index is 9.05. The van der Waals surface area contributed by atoms with Crippen LogP contribution in [0.3, 0.4) is 0 Å². The Morgan fingerprint density at radius 3 is 2.61 bits per heavy atom. The highest BCUT2D eigenvalue weighted by Crippen LogP contribution is 2.21. The van der Waals surface area contributed by atoms with Crippen LogP contribution in [0.15, 0.2) is 18.2 Å². The Labute approximate surface area is 111 Å². The minimum Gasteiger partial charge on any atom is -0.396 e. The summed E-state index contributed by atoms with van der Waals surface area (Å²) in [6.45, 7) is 8.08. The lowest BCUT2D eigenvalue weighted by Gasteiger charge is -2.32. The molecule has 0 amide bonds. The molecule has 2 heteroatoms. The smallest absolute Gasteiger partial charge is 0.0434 e. The van der Waals surface area contributed by atoms with Gasteiger partial charge < -0.3 is 5.11 Å². The number of aliphatic hydroxyl groups excluding tert-OH is 1. The summed E-state index contributed by atoms with van der Waals surface area (Å²) >= 11 is 0. The molecule has 1 N–H and O–H groups in total. The van der Waals surface area contributed by atoms with Gasteiger partial charge in [0.15, 0.2) is 0 Å². The van der Waals surface area contributed by atoms with Crippen LogP contribution >= 0.6 is 0 Å². The van der Waals surface area contributed by atoms with Crippen molar-refractivity contribution in [3.05, 3.63) is 34.9 Å². The van der Waals surface area contributed by atoms with Crippen LogP contribution in [0.25, 0.3) is 0 Å². The van der Waals surface area contributed by atoms with Crippen molar-refractivity contribution >= 4 is 0 Å². The number of hydrogen-bond donors (Lipinski definition) is 1. The number of rotatable bonds is 4. The molecule has 1 aromatic rings. The highest BCUT2D eigenvalue weighted by atomic mass is 16.3. The van der Waals surface area contributed by atoms with E-state index in [0.29, 0.717) is 12.5 Å². The van der Waals surface area contributed by atoms with Crippen molar-refractivity contribution < 1.29 is 5.11 Å². The Morgan fingerprint density at radius 1 is 1.22 bits per heavy atom. The number of hydrogen-bond acceptors (Lipinski definition) is 2. The Morgan fingerprint density at radius 2 is 1.94 bits per heavy atom. The molecule has 0 aromatic heterocycles. The van der Waals surface area contributed by atoms with Gasteiger partial charge in [0.1, 0.15) is 0 Å². The van der Waals surface area contributed by atoms with Crippen molar-refractivity contribution in [1.82, 2.24) is 4.90 Å². The summed E-state index contributed by atoms with van der Waals surface area (Å²) in [6, 6.07) is 6.82. The Bertz CT molecular complexity index is 366. The van der Waals surface area contributed by atoms with E-state index >= 15 is 0 Å². The largest absolute Gasteiger partial charge is 0.396 e. The maximum absolute atomic E-state index is 9.05. The van der Waals surface area contributed by atoms with Gasteiger partial charge in [0.05, 0.1) is 0 Å². The van der Waals surface area contributed by atoms with Crippen molar-refractivity contribution in [2.45, 2.75) is 39.7 Å². The first-order valence-corrected chi connectivity index (χ1v) is 7.08. The first-order chi connectivity index (χ1) is 8.67. The van der Waals surface area contributed by atoms with Crippen molar-refractivity contribution in [2.24, 2.45) is 5.92 Å². The van der Waals surface area contributed by atoms with Crippen LogP contribution in [-0.4, -0.2) is 29.7 Å². The predicted molar refractivity (Wildman–Crippen MR) is 75.6 cm³/mol. The van der Waals surface area contributed by atoms with E-state index in [1.165, 1.54) is 36.1 Å². The van der Waals surface area contributed by atoms with Gasteiger partial charge in [-0.05, 0) is 51.1 Å². The molecule has 1 aliphatic heterocycles. The lowest BCUT2D eigenvalue weighted by Crippen LogP contribution is -2.35. The van der Waals surface area contributed by atoms with Gasteiger partial charge >= 0.3 is 0 Å². The van der Waals surface area contributed by atoms with E-state index < -0.39 is 0 Å². The van der Waals surface area contributed by atoms with Crippen molar-refractivity contribution in [1.29, 1.82) is 0 Å². The van der Waals surface area contributed by atoms with E-state index in [-0.39, 0.29) is 0 Å². The maximum Gasteiger partial charge on any atom is 0.0434 e. The molecular weight excluding hydrogens is 222 g/mol. The van der Waals surface area contributed by atoms with Crippen molar-refractivity contribution in [2.75, 3.05) is 19.7 Å². The van der Waals surface area contributed by atoms with Gasteiger partial charge in [0, 0.05) is 19.7 Å². The second-order valence-electron chi connectivity index (χ2n) is 5.75. The quantitative estimate of drug-likeness (QED) is 0.884. The summed E-state index contributed by atoms with van der Waals surface area (Å²) in [5.41, 5.74) is 4.14. The van der Waals surface area contributed by atoms with E-state index in [0.717, 1.165) is 19.5 Å². The third kappa shape index (κ3) is 3.82. The van der Waals surface area contributed by atoms with Gasteiger partial charge in [-0.3, -0.25) is 4.90 Å². The summed E-state index contributed by atoms with van der Waals surface area (Å²) in [5, 5.41) is 9.05. The number of aryl methyl sites for hydroxylation is 2. The normalized spacial score (nSPS) is 21.2. The van der Waals surface area contributed by atoms with Gasteiger partial charge in [-0.25, -0.2) is 0 Å². The van der Waals surface area contributed by atoms with Gasteiger partial charge in [0.2, 0.25) is 0 Å². The number of piperidine rings is 1. The van der Waals surface area contributed by atoms with Crippen LogP contribution in [0, 0.1) is 19.8 Å². The molecule has 0 aliphatic carbocycles. The van der Waals surface area contributed by atoms with Crippen LogP contribution in [0.4, 0.5) is 0 Å². The van der Waals surface area contributed by atoms with E-state index in [1.807, 2.05) is 0 Å². The molecular formula is C16H25NO. The molecule has 2 rings (SSSR count). The van der Waals surface area contributed by atoms with Gasteiger partial charge in [-0.15, -0.1) is 0 Å². The fourth-order valence-corrected chi connectivity index (χ4v) is 3.13. The predicted octanol–water partition coefficient (Wildman–Crippen LogP) is 2.90. The van der Waals surface area contributed by atoms with E-state index in [4.69, 9.17) is 5.11 Å². The summed E-state index contributed by atoms with van der Waals surface area (Å²) in [4.78, 5) is 2.54. The first-order valence-electron chi connectivity index (χ1n) is 7.08. The Balaban J connectivity index is 1.95. The standard InChI is InChI=1S/C16H25NO/c1-13-8-14(2)10-16(9-13)12-17-6-3-4-15(11-17)5-7-18/h8-10,15,18H,3-7,11-12H2,1-2H3. The average molecular weight is 247 g/mol. The second kappa shape index (κ2) is 6.35. The van der Waals surface area contributed by atoms with Crippen LogP contribution in [0.5, 0.6) is 0 Å². The summed E-state index contributed by atoms with van der Waals surface area (Å²) in [6.07, 6.45) is 3.52. The third-order valence-electron chi connectivity index (χ3n) is 3.83. The number of aliphatic hydroxyl groups is 1. The molecule has 1 saturated heterocycles. The zero-order valence-corrected chi connectivity index (χ0v) is 11.7. The first kappa shape index (κ1) is 13.6. The summed E-state index contributed by atoms with van der Waals surface area (Å²) in [5.74, 6) is 0.689. The Kier molecular flexibility index (Phi) is 4.79. The molecule has 0 saturated carbocycles. The molecule has 1 aliphatic rings. The van der Waals surface area contributed by atoms with Gasteiger partial charge in [-0.1, -0.05) is 29.3 Å². The topological polar surface area (TPSA) is 23.5 Å². The lowest BCUT2D eigenvalue weighted by atomic mass is 9.94. The summed E-state index contributed by atoms with van der Waals surface area (Å²) < 4.78 is 0. The monoisotopic (exact) mass is 247 g/mol. The molecule has 0 bridgehead atoms. The third-order valence-corrected chi connectivity index (χ3v) is 3.83. The van der Waals surface area contributed by atoms with Crippen LogP contribution < -0.4 is 0 Å². The van der Waals surface area contributed by atoms with E-state index in [2.05, 4.69) is 36.9 Å². The zero-order chi connectivity index (χ0) is 13.0. The van der Waals surface area contributed by atoms with Crippen LogP contribution in [-0.2, 0) is 6.54 Å². The molecule has 18 heavy (non-hydrogen) atoms. The molecule has 1 fully saturated rings. The van der Waals surface area contributed by atoms with E-state index in [1.54, 1.807) is 0 Å². The average Bonchev–Trinajstić information content (AvgIpc) is 2.28. The van der Waals surface area contributed by atoms with Crippen molar-refractivity contribution in [3.63, 3.8) is 0 Å². The van der Waals surface area contributed by atoms with Crippen LogP contribution in [0.1, 0.15) is 36.0 Å². The SMILES string of the molecule is Cc1cc(C)cc(CN2CCCC(CCO)C2)c1. The molecule has 100 valence electrons. The molecule has 2 nitrogen and oxygen atoms in total. The number of nitrogens with zero attached hydrogens (tertiary/aromatic N) is 1. The minimum absolute atomic E-state index is 0.335. The van der Waals surface area contributed by atoms with E-state index in [9.17, 15) is 0 Å². The highest BCUT2D eigenvalue weighted by Gasteiger charge is 2.19. The Hall–Kier alpha value is -0.860. The highest BCUT2D eigenvalue weighted by molar-refractivity contribution is 5.28. The molecule has 1 unspecified atom stereocenters. The lowest BCUT2D eigenvalue weighted by molar-refractivity contribution is 0.142. The molecule has 0 radical (unpaired) electrons. The van der Waals surface area contributed by atoms with Gasteiger partial charge in [0.25, 0.3) is 0 Å². The number of benzene rings is 1. The molecule has 1 atom stereocenters. The second-order valence-corrected chi connectivity index (χ2v) is 5.75. The summed E-state index contributed by atoms with van der Waals surface area (Å²) in [7, 11) is 0. The van der Waals surface area contributed by atoms with Gasteiger partial charge in [-0.2, -0.15) is 0 Å². The number of likely N-dealkylation sites (tertiary alicyclic amines) is 1. The van der Waals surface area contributed by atoms with Crippen molar-refractivity contribution in [3.8, 4) is 0 Å². The van der Waals surface area contributed by atoms with Crippen LogP contribution in [0.2, 0.25) is 0 Å². The molecule has 1 heterocycles. The fourth-order valence-electron chi connectivity index (χ4n) is 3.13. The minimum atomic E-state index is 0.335. The molecule has 0 spiro atoms. The molecule has 1 aromatic carbocycles. The fraction of sp³-hybridized carbons (Fsp3) is 0.625. The zero-order valence-electron chi connectivity index (χ0n) is 11.7.